The zero-order valence-corrected chi connectivity index (χ0v) is 11.6. The number of aryl methyl sites for hydroxylation is 1. The Labute approximate surface area is 112 Å². The molecular weight excluding hydrogens is 244 g/mol. The van der Waals surface area contributed by atoms with Gasteiger partial charge in [-0.25, -0.2) is 4.79 Å². The number of nitrogens with zero attached hydrogens (tertiary/aromatic N) is 4. The Bertz CT molecular complexity index is 523. The van der Waals surface area contributed by atoms with E-state index in [9.17, 15) is 4.79 Å². The average Bonchev–Trinajstić information content (AvgIpc) is 2.61. The van der Waals surface area contributed by atoms with E-state index < -0.39 is 5.60 Å². The van der Waals surface area contributed by atoms with Gasteiger partial charge in [0.1, 0.15) is 23.8 Å². The monoisotopic (exact) mass is 262 g/mol. The van der Waals surface area contributed by atoms with Crippen molar-refractivity contribution in [2.24, 2.45) is 7.05 Å². The molecule has 1 amide bonds. The number of amides is 1. The lowest BCUT2D eigenvalue weighted by atomic mass is 9.88. The summed E-state index contributed by atoms with van der Waals surface area (Å²) in [5.74, 6) is 3.44. The second-order valence-corrected chi connectivity index (χ2v) is 5.65. The molecule has 0 bridgehead atoms. The predicted molar refractivity (Wildman–Crippen MR) is 69.3 cm³/mol. The largest absolute Gasteiger partial charge is 0.444 e. The summed E-state index contributed by atoms with van der Waals surface area (Å²) in [6.07, 6.45) is 6.76. The summed E-state index contributed by atoms with van der Waals surface area (Å²) in [5, 5.41) is 7.88. The molecule has 1 fully saturated rings. The van der Waals surface area contributed by atoms with Gasteiger partial charge in [-0.05, 0) is 20.8 Å². The summed E-state index contributed by atoms with van der Waals surface area (Å²) in [6, 6.07) is -0.322. The molecule has 0 N–H and O–H groups in total. The van der Waals surface area contributed by atoms with E-state index in [1.54, 1.807) is 11.2 Å². The number of ether oxygens (including phenoxy) is 1. The molecule has 2 rings (SSSR count). The van der Waals surface area contributed by atoms with Crippen LogP contribution in [0.4, 0.5) is 4.79 Å². The van der Waals surface area contributed by atoms with Crippen molar-refractivity contribution in [2.45, 2.75) is 38.3 Å². The zero-order valence-electron chi connectivity index (χ0n) is 11.6. The molecule has 0 unspecified atom stereocenters. The normalized spacial score (nSPS) is 22.6. The van der Waals surface area contributed by atoms with Gasteiger partial charge in [-0.3, -0.25) is 4.90 Å². The maximum Gasteiger partial charge on any atom is 0.411 e. The van der Waals surface area contributed by atoms with Gasteiger partial charge in [0, 0.05) is 13.6 Å². The second kappa shape index (κ2) is 4.57. The van der Waals surface area contributed by atoms with E-state index >= 15 is 0 Å². The minimum absolute atomic E-state index is 0.0185. The molecule has 2 heterocycles. The molecule has 1 aliphatic rings. The predicted octanol–water partition coefficient (Wildman–Crippen LogP) is 1.15. The van der Waals surface area contributed by atoms with Crippen molar-refractivity contribution in [1.82, 2.24) is 19.7 Å². The van der Waals surface area contributed by atoms with Crippen LogP contribution in [-0.4, -0.2) is 43.9 Å². The van der Waals surface area contributed by atoms with E-state index in [-0.39, 0.29) is 18.1 Å². The number of rotatable bonds is 1. The van der Waals surface area contributed by atoms with Crippen molar-refractivity contribution in [3.63, 3.8) is 0 Å². The molecule has 0 aromatic carbocycles. The van der Waals surface area contributed by atoms with Crippen LogP contribution in [0.15, 0.2) is 6.33 Å². The summed E-state index contributed by atoms with van der Waals surface area (Å²) >= 11 is 0. The van der Waals surface area contributed by atoms with Gasteiger partial charge in [0.25, 0.3) is 0 Å². The van der Waals surface area contributed by atoms with E-state index in [0.29, 0.717) is 6.54 Å². The number of terminal acetylenes is 1. The lowest BCUT2D eigenvalue weighted by molar-refractivity contribution is -0.00383. The molecule has 6 nitrogen and oxygen atoms in total. The van der Waals surface area contributed by atoms with Crippen LogP contribution in [0.5, 0.6) is 0 Å². The van der Waals surface area contributed by atoms with E-state index in [4.69, 9.17) is 11.2 Å². The van der Waals surface area contributed by atoms with Crippen LogP contribution in [0.25, 0.3) is 0 Å². The average molecular weight is 262 g/mol. The quantitative estimate of drug-likeness (QED) is 0.712. The Morgan fingerprint density at radius 1 is 1.58 bits per heavy atom. The van der Waals surface area contributed by atoms with Gasteiger partial charge in [0.05, 0.1) is 5.92 Å². The number of likely N-dealkylation sites (tertiary alicyclic amines) is 1. The molecule has 1 aromatic rings. The Morgan fingerprint density at radius 3 is 2.74 bits per heavy atom. The molecule has 0 spiro atoms. The first-order valence-corrected chi connectivity index (χ1v) is 6.13. The Hall–Kier alpha value is -2.03. The first-order valence-electron chi connectivity index (χ1n) is 6.13. The lowest BCUT2D eigenvalue weighted by Gasteiger charge is -2.44. The molecule has 19 heavy (non-hydrogen) atoms. The third-order valence-electron chi connectivity index (χ3n) is 2.99. The van der Waals surface area contributed by atoms with Crippen LogP contribution < -0.4 is 0 Å². The molecule has 102 valence electrons. The van der Waals surface area contributed by atoms with Gasteiger partial charge in [-0.15, -0.1) is 16.6 Å². The third kappa shape index (κ3) is 2.55. The van der Waals surface area contributed by atoms with Gasteiger partial charge >= 0.3 is 6.09 Å². The maximum atomic E-state index is 12.0. The number of carbonyl (C=O) groups is 1. The molecule has 0 aliphatic carbocycles. The number of hydrogen-bond acceptors (Lipinski definition) is 4. The van der Waals surface area contributed by atoms with Crippen molar-refractivity contribution in [2.75, 3.05) is 6.54 Å². The highest BCUT2D eigenvalue weighted by Crippen LogP contribution is 2.33. The standard InChI is InChI=1S/C13H18N4O2/c1-6-10-9(11-15-14-8-16(11)5)7-17(10)12(18)19-13(2,3)4/h1,8-10H,7H2,2-5H3/t9-,10+/m0/s1. The summed E-state index contributed by atoms with van der Waals surface area (Å²) in [5.41, 5.74) is -0.522. The fraction of sp³-hybridized carbons (Fsp3) is 0.615. The minimum atomic E-state index is -0.522. The number of aromatic nitrogens is 3. The highest BCUT2D eigenvalue weighted by atomic mass is 16.6. The number of hydrogen-bond donors (Lipinski definition) is 0. The minimum Gasteiger partial charge on any atom is -0.444 e. The van der Waals surface area contributed by atoms with Crippen molar-refractivity contribution >= 4 is 6.09 Å². The van der Waals surface area contributed by atoms with Crippen molar-refractivity contribution in [3.8, 4) is 12.3 Å². The van der Waals surface area contributed by atoms with E-state index in [2.05, 4.69) is 16.1 Å². The Kier molecular flexibility index (Phi) is 3.23. The van der Waals surface area contributed by atoms with Crippen LogP contribution in [0.3, 0.4) is 0 Å². The summed E-state index contributed by atoms with van der Waals surface area (Å²) in [4.78, 5) is 13.5. The van der Waals surface area contributed by atoms with Crippen molar-refractivity contribution in [1.29, 1.82) is 0 Å². The summed E-state index contributed by atoms with van der Waals surface area (Å²) < 4.78 is 7.14. The fourth-order valence-electron chi connectivity index (χ4n) is 2.07. The first kappa shape index (κ1) is 13.4. The van der Waals surface area contributed by atoms with Gasteiger partial charge in [0.15, 0.2) is 0 Å². The van der Waals surface area contributed by atoms with Crippen LogP contribution in [0.2, 0.25) is 0 Å². The van der Waals surface area contributed by atoms with E-state index in [1.165, 1.54) is 0 Å². The SMILES string of the molecule is C#C[C@@H]1[C@@H](c2nncn2C)CN1C(=O)OC(C)(C)C. The van der Waals surface area contributed by atoms with Crippen LogP contribution >= 0.6 is 0 Å². The molecule has 0 saturated carbocycles. The topological polar surface area (TPSA) is 60.2 Å². The van der Waals surface area contributed by atoms with Gasteiger partial charge in [-0.1, -0.05) is 5.92 Å². The second-order valence-electron chi connectivity index (χ2n) is 5.65. The van der Waals surface area contributed by atoms with Crippen molar-refractivity contribution < 1.29 is 9.53 Å². The molecule has 1 aromatic heterocycles. The molecule has 6 heteroatoms. The number of carbonyl (C=O) groups excluding carboxylic acids is 1. The lowest BCUT2D eigenvalue weighted by Crippen LogP contribution is -2.58. The highest BCUT2D eigenvalue weighted by molar-refractivity contribution is 5.71. The summed E-state index contributed by atoms with van der Waals surface area (Å²) in [6.45, 7) is 6.00. The van der Waals surface area contributed by atoms with Gasteiger partial charge < -0.3 is 9.30 Å². The highest BCUT2D eigenvalue weighted by Gasteiger charge is 2.45. The van der Waals surface area contributed by atoms with Crippen LogP contribution in [-0.2, 0) is 11.8 Å². The van der Waals surface area contributed by atoms with Crippen molar-refractivity contribution in [3.05, 3.63) is 12.2 Å². The molecule has 1 aliphatic heterocycles. The molecule has 1 saturated heterocycles. The summed E-state index contributed by atoms with van der Waals surface area (Å²) in [7, 11) is 1.86. The third-order valence-corrected chi connectivity index (χ3v) is 2.99. The Morgan fingerprint density at radius 2 is 2.26 bits per heavy atom. The van der Waals surface area contributed by atoms with Crippen LogP contribution in [0.1, 0.15) is 32.5 Å². The molecule has 0 radical (unpaired) electrons. The molecule has 2 atom stereocenters. The van der Waals surface area contributed by atoms with E-state index in [1.807, 2.05) is 32.4 Å². The zero-order chi connectivity index (χ0) is 14.2. The first-order chi connectivity index (χ1) is 8.83. The Balaban J connectivity index is 2.07. The van der Waals surface area contributed by atoms with Gasteiger partial charge in [0.2, 0.25) is 0 Å². The smallest absolute Gasteiger partial charge is 0.411 e. The molecular formula is C13H18N4O2. The van der Waals surface area contributed by atoms with Crippen LogP contribution in [0, 0.1) is 12.3 Å². The van der Waals surface area contributed by atoms with E-state index in [0.717, 1.165) is 5.82 Å². The van der Waals surface area contributed by atoms with Gasteiger partial charge in [-0.2, -0.15) is 0 Å². The fourth-order valence-corrected chi connectivity index (χ4v) is 2.07. The maximum absolute atomic E-state index is 12.0.